The van der Waals surface area contributed by atoms with Crippen LogP contribution in [0.1, 0.15) is 12.5 Å². The molecule has 2 rings (SSSR count). The maximum absolute atomic E-state index is 13.6. The Labute approximate surface area is 170 Å². The van der Waals surface area contributed by atoms with E-state index in [1.807, 2.05) is 0 Å². The molecule has 0 saturated heterocycles. The number of hydrogen-bond acceptors (Lipinski definition) is 5. The van der Waals surface area contributed by atoms with Crippen molar-refractivity contribution >= 4 is 39.6 Å². The number of methoxy groups -OCH3 is 2. The summed E-state index contributed by atoms with van der Waals surface area (Å²) < 4.78 is 24.7. The zero-order valence-corrected chi connectivity index (χ0v) is 17.0. The molecule has 0 bridgehead atoms. The first-order chi connectivity index (χ1) is 13.4. The fraction of sp³-hybridized carbons (Fsp3) is 0.211. The van der Waals surface area contributed by atoms with Crippen LogP contribution in [-0.2, 0) is 9.59 Å². The van der Waals surface area contributed by atoms with Gasteiger partial charge in [0, 0.05) is 11.6 Å². The molecule has 2 aromatic rings. The number of carbonyl (C=O) groups excluding carboxylic acids is 2. The second-order valence-corrected chi connectivity index (χ2v) is 6.51. The highest BCUT2D eigenvalue weighted by atomic mass is 79.9. The van der Waals surface area contributed by atoms with E-state index >= 15 is 0 Å². The van der Waals surface area contributed by atoms with Gasteiger partial charge in [0.2, 0.25) is 5.91 Å². The number of halogens is 2. The molecule has 0 aliphatic rings. The third-order valence-electron chi connectivity index (χ3n) is 3.80. The molecule has 0 radical (unpaired) electrons. The molecule has 0 aliphatic carbocycles. The first-order valence-corrected chi connectivity index (χ1v) is 8.96. The highest BCUT2D eigenvalue weighted by Crippen LogP contribution is 2.31. The molecule has 1 unspecified atom stereocenters. The van der Waals surface area contributed by atoms with Crippen molar-refractivity contribution < 1.29 is 23.5 Å². The summed E-state index contributed by atoms with van der Waals surface area (Å²) in [4.78, 5) is 24.3. The van der Waals surface area contributed by atoms with E-state index in [9.17, 15) is 14.0 Å². The minimum atomic E-state index is -1.08. The Morgan fingerprint density at radius 2 is 1.82 bits per heavy atom. The minimum Gasteiger partial charge on any atom is -0.496 e. The standard InChI is InChI=1S/C19H19BrFN3O4/c1-11(18(25)23-15-7-5-4-6-14(15)21)19(26)24-22-10-12-8-13(20)17(28-3)9-16(12)27-2/h4-11H,1-3H3,(H,23,25)(H,24,26). The lowest BCUT2D eigenvalue weighted by Crippen LogP contribution is -2.34. The Kier molecular flexibility index (Phi) is 7.51. The highest BCUT2D eigenvalue weighted by Gasteiger charge is 2.22. The summed E-state index contributed by atoms with van der Waals surface area (Å²) >= 11 is 3.36. The van der Waals surface area contributed by atoms with Crippen LogP contribution >= 0.6 is 15.9 Å². The molecule has 0 spiro atoms. The Morgan fingerprint density at radius 1 is 1.14 bits per heavy atom. The summed E-state index contributed by atoms with van der Waals surface area (Å²) in [6, 6.07) is 9.07. The summed E-state index contributed by atoms with van der Waals surface area (Å²) in [5.74, 6) is -1.89. The van der Waals surface area contributed by atoms with Gasteiger partial charge in [0.05, 0.1) is 30.6 Å². The van der Waals surface area contributed by atoms with Crippen molar-refractivity contribution in [2.24, 2.45) is 11.0 Å². The van der Waals surface area contributed by atoms with E-state index in [0.29, 0.717) is 21.5 Å². The second-order valence-electron chi connectivity index (χ2n) is 5.65. The molecule has 9 heteroatoms. The van der Waals surface area contributed by atoms with Crippen molar-refractivity contribution in [1.82, 2.24) is 5.43 Å². The largest absolute Gasteiger partial charge is 0.496 e. The van der Waals surface area contributed by atoms with Crippen LogP contribution in [0.2, 0.25) is 0 Å². The zero-order valence-electron chi connectivity index (χ0n) is 15.5. The zero-order chi connectivity index (χ0) is 20.7. The molecule has 1 atom stereocenters. The Bertz CT molecular complexity index is 905. The molecule has 28 heavy (non-hydrogen) atoms. The van der Waals surface area contributed by atoms with Crippen LogP contribution in [0, 0.1) is 11.7 Å². The van der Waals surface area contributed by atoms with Crippen molar-refractivity contribution in [2.45, 2.75) is 6.92 Å². The molecule has 0 saturated carbocycles. The van der Waals surface area contributed by atoms with E-state index in [1.54, 1.807) is 18.2 Å². The Morgan fingerprint density at radius 3 is 2.46 bits per heavy atom. The first kappa shape index (κ1) is 21.4. The maximum Gasteiger partial charge on any atom is 0.252 e. The topological polar surface area (TPSA) is 89.0 Å². The predicted molar refractivity (Wildman–Crippen MR) is 107 cm³/mol. The third kappa shape index (κ3) is 5.29. The van der Waals surface area contributed by atoms with E-state index in [4.69, 9.17) is 9.47 Å². The van der Waals surface area contributed by atoms with Crippen LogP contribution < -0.4 is 20.2 Å². The van der Waals surface area contributed by atoms with Crippen molar-refractivity contribution in [3.8, 4) is 11.5 Å². The second kappa shape index (κ2) is 9.84. The smallest absolute Gasteiger partial charge is 0.252 e. The van der Waals surface area contributed by atoms with Gasteiger partial charge in [-0.05, 0) is 41.1 Å². The molecule has 0 aliphatic heterocycles. The van der Waals surface area contributed by atoms with E-state index in [0.717, 1.165) is 0 Å². The van der Waals surface area contributed by atoms with E-state index < -0.39 is 23.5 Å². The van der Waals surface area contributed by atoms with Gasteiger partial charge < -0.3 is 14.8 Å². The molecule has 0 aromatic heterocycles. The van der Waals surface area contributed by atoms with Crippen molar-refractivity contribution in [2.75, 3.05) is 19.5 Å². The minimum absolute atomic E-state index is 0.00321. The molecular weight excluding hydrogens is 433 g/mol. The number of carbonyl (C=O) groups is 2. The number of nitrogens with one attached hydrogen (secondary N) is 2. The van der Waals surface area contributed by atoms with Crippen LogP contribution in [0.15, 0.2) is 46.0 Å². The number of para-hydroxylation sites is 1. The SMILES string of the molecule is COc1cc(OC)c(C=NNC(=O)C(C)C(=O)Nc2ccccc2F)cc1Br. The van der Waals surface area contributed by atoms with E-state index in [-0.39, 0.29) is 5.69 Å². The van der Waals surface area contributed by atoms with Crippen molar-refractivity contribution in [3.05, 3.63) is 52.3 Å². The maximum atomic E-state index is 13.6. The van der Waals surface area contributed by atoms with Crippen LogP contribution in [0.3, 0.4) is 0 Å². The van der Waals surface area contributed by atoms with Gasteiger partial charge in [-0.25, -0.2) is 9.82 Å². The Balaban J connectivity index is 2.02. The monoisotopic (exact) mass is 451 g/mol. The van der Waals surface area contributed by atoms with E-state index in [1.165, 1.54) is 45.6 Å². The quantitative estimate of drug-likeness (QED) is 0.383. The summed E-state index contributed by atoms with van der Waals surface area (Å²) in [5, 5.41) is 6.23. The lowest BCUT2D eigenvalue weighted by atomic mass is 10.1. The molecule has 148 valence electrons. The number of rotatable bonds is 7. The number of hydrogen-bond donors (Lipinski definition) is 2. The van der Waals surface area contributed by atoms with Gasteiger partial charge in [-0.2, -0.15) is 5.10 Å². The molecular formula is C19H19BrFN3O4. The molecule has 0 fully saturated rings. The fourth-order valence-electron chi connectivity index (χ4n) is 2.17. The molecule has 0 heterocycles. The number of ether oxygens (including phenoxy) is 2. The highest BCUT2D eigenvalue weighted by molar-refractivity contribution is 9.10. The van der Waals surface area contributed by atoms with Gasteiger partial charge in [0.15, 0.2) is 0 Å². The first-order valence-electron chi connectivity index (χ1n) is 8.17. The van der Waals surface area contributed by atoms with Gasteiger partial charge in [-0.3, -0.25) is 9.59 Å². The molecule has 7 nitrogen and oxygen atoms in total. The van der Waals surface area contributed by atoms with Gasteiger partial charge >= 0.3 is 0 Å². The number of nitrogens with zero attached hydrogens (tertiary/aromatic N) is 1. The van der Waals surface area contributed by atoms with Crippen LogP contribution in [0.25, 0.3) is 0 Å². The summed E-state index contributed by atoms with van der Waals surface area (Å²) in [6.45, 7) is 1.39. The van der Waals surface area contributed by atoms with Gasteiger partial charge in [0.25, 0.3) is 5.91 Å². The summed E-state index contributed by atoms with van der Waals surface area (Å²) in [7, 11) is 3.02. The predicted octanol–water partition coefficient (Wildman–Crippen LogP) is 3.33. The number of amides is 2. The van der Waals surface area contributed by atoms with Gasteiger partial charge in [0.1, 0.15) is 23.2 Å². The normalized spacial score (nSPS) is 11.8. The lowest BCUT2D eigenvalue weighted by Gasteiger charge is -2.11. The number of anilines is 1. The molecule has 2 amide bonds. The molecule has 2 N–H and O–H groups in total. The van der Waals surface area contributed by atoms with E-state index in [2.05, 4.69) is 31.8 Å². The van der Waals surface area contributed by atoms with Gasteiger partial charge in [-0.15, -0.1) is 0 Å². The summed E-state index contributed by atoms with van der Waals surface area (Å²) in [6.07, 6.45) is 1.38. The number of benzene rings is 2. The van der Waals surface area contributed by atoms with Gasteiger partial charge in [-0.1, -0.05) is 12.1 Å². The van der Waals surface area contributed by atoms with Crippen LogP contribution in [0.4, 0.5) is 10.1 Å². The van der Waals surface area contributed by atoms with Crippen molar-refractivity contribution in [3.63, 3.8) is 0 Å². The fourth-order valence-corrected chi connectivity index (χ4v) is 2.69. The average molecular weight is 452 g/mol. The Hall–Kier alpha value is -2.94. The van der Waals surface area contributed by atoms with Crippen molar-refractivity contribution in [1.29, 1.82) is 0 Å². The third-order valence-corrected chi connectivity index (χ3v) is 4.42. The average Bonchev–Trinajstić information content (AvgIpc) is 2.69. The van der Waals surface area contributed by atoms with Crippen LogP contribution in [0.5, 0.6) is 11.5 Å². The lowest BCUT2D eigenvalue weighted by molar-refractivity contribution is -0.131. The molecule has 2 aromatic carbocycles. The summed E-state index contributed by atoms with van der Waals surface area (Å²) in [5.41, 5.74) is 2.87. The van der Waals surface area contributed by atoms with Crippen LogP contribution in [-0.4, -0.2) is 32.2 Å². The number of hydrazone groups is 1.